The van der Waals surface area contributed by atoms with Crippen LogP contribution in [0.2, 0.25) is 0 Å². The molecule has 0 aromatic heterocycles. The molecule has 1 fully saturated rings. The topological polar surface area (TPSA) is 27.7 Å². The summed E-state index contributed by atoms with van der Waals surface area (Å²) in [4.78, 5) is 0. The second-order valence-corrected chi connectivity index (χ2v) is 27.6. The number of methoxy groups -OCH3 is 1. The summed E-state index contributed by atoms with van der Waals surface area (Å²) in [5.74, 6) is 0. The molecule has 74 heavy (non-hydrogen) atoms. The maximum Gasteiger partial charge on any atom is 0.128 e. The van der Waals surface area contributed by atoms with Crippen molar-refractivity contribution >= 4 is 291 Å². The summed E-state index contributed by atoms with van der Waals surface area (Å²) in [6.07, 6.45) is 0. The van der Waals surface area contributed by atoms with Gasteiger partial charge in [0.05, 0.1) is 64.5 Å². The first-order chi connectivity index (χ1) is 36.6. The largest absolute Gasteiger partial charge is 0.382 e. The van der Waals surface area contributed by atoms with Crippen LogP contribution in [-0.2, 0) is 25.0 Å². The summed E-state index contributed by atoms with van der Waals surface area (Å²) in [5.41, 5.74) is 6.46. The monoisotopic (exact) mass is 924 g/mol. The van der Waals surface area contributed by atoms with Crippen LogP contribution in [-0.4, -0.2) is 71.3 Å². The van der Waals surface area contributed by atoms with Crippen molar-refractivity contribution in [2.75, 3.05) is 60.8 Å². The van der Waals surface area contributed by atoms with Gasteiger partial charge in [-0.25, -0.2) is 0 Å². The van der Waals surface area contributed by atoms with Gasteiger partial charge in [-0.05, 0) is 313 Å². The summed E-state index contributed by atoms with van der Waals surface area (Å²) in [7, 11) is 7.06. The Morgan fingerprint density at radius 2 is 0.486 bits per heavy atom. The summed E-state index contributed by atoms with van der Waals surface area (Å²) in [6, 6.07) is 0.192. The van der Waals surface area contributed by atoms with Gasteiger partial charge in [-0.1, -0.05) is 0 Å². The molecule has 4 heteroatoms. The zero-order valence-corrected chi connectivity index (χ0v) is 39.5. The SMILES string of the molecule is COCCOCCOCC1C23c4c5c6c7c8c9c(c%10c%11c2c2c4c4c%12c5c5c6c6c8c8c%13c9c9c%10c%10c%11c%11c2c2c4c4c%12c%12c5c5c6c8c6c8c%13c9c9c%10c%10c%11c2c2c4c4c%12c5c6c5c8c9c%10c2c45)C73C[N+]1(C)C. The van der Waals surface area contributed by atoms with Crippen LogP contribution in [0.5, 0.6) is 0 Å². The standard InChI is InChI=1S/C70H22NO3/c1-71(2)9-69-65-57-49-39-29-21-13-11-12-15-19-17(13)25-33-27(19)37-31-23(15)24-16(12)20-18-14(11)22(21)30-36-26(18)34-28(20)38-32(24)42-41(31)53-47(37)55-45(33)51(43(49)35(25)29)59(65)61(55)67-63(53)64-54(42)48(38)56-46(34)52-44(36)50(40(30)39)58(57)66(69)60(52)62(56)68(64)70(67,69)10(71)8-74-7-6-73-5-4-72-3/h10H,4-9H2,1-3H3/q+1. The van der Waals surface area contributed by atoms with Crippen LogP contribution < -0.4 is 0 Å². The van der Waals surface area contributed by atoms with Crippen LogP contribution in [0.3, 0.4) is 0 Å². The Morgan fingerprint density at radius 1 is 0.284 bits per heavy atom. The summed E-state index contributed by atoms with van der Waals surface area (Å²) in [5, 5.41) is 89.8. The van der Waals surface area contributed by atoms with Crippen molar-refractivity contribution < 1.29 is 18.7 Å². The molecule has 4 aliphatic carbocycles. The van der Waals surface area contributed by atoms with Crippen molar-refractivity contribution in [3.8, 4) is 0 Å². The van der Waals surface area contributed by atoms with E-state index in [9.17, 15) is 0 Å². The van der Waals surface area contributed by atoms with Crippen LogP contribution in [0.25, 0.3) is 291 Å². The smallest absolute Gasteiger partial charge is 0.128 e. The van der Waals surface area contributed by atoms with Crippen molar-refractivity contribution in [2.24, 2.45) is 0 Å². The van der Waals surface area contributed by atoms with Gasteiger partial charge >= 0.3 is 0 Å². The van der Waals surface area contributed by atoms with E-state index in [1.807, 2.05) is 0 Å². The third-order valence-corrected chi connectivity index (χ3v) is 26.6. The third-order valence-electron chi connectivity index (χ3n) is 26.6. The molecular weight excluding hydrogens is 903 g/mol. The molecule has 0 bridgehead atoms. The van der Waals surface area contributed by atoms with E-state index in [-0.39, 0.29) is 16.9 Å². The lowest BCUT2D eigenvalue weighted by Crippen LogP contribution is -2.57. The summed E-state index contributed by atoms with van der Waals surface area (Å²) in [6.45, 7) is 4.19. The predicted molar refractivity (Wildman–Crippen MR) is 308 cm³/mol. The molecule has 28 aromatic carbocycles. The highest BCUT2D eigenvalue weighted by molar-refractivity contribution is 6.82. The molecule has 1 heterocycles. The van der Waals surface area contributed by atoms with Crippen LogP contribution in [0.15, 0.2) is 0 Å². The van der Waals surface area contributed by atoms with E-state index in [2.05, 4.69) is 14.1 Å². The second-order valence-electron chi connectivity index (χ2n) is 27.6. The van der Waals surface area contributed by atoms with Gasteiger partial charge in [-0.3, -0.25) is 0 Å². The van der Waals surface area contributed by atoms with E-state index in [1.54, 1.807) is 320 Å². The highest BCUT2D eigenvalue weighted by Gasteiger charge is 2.80. The first-order valence-electron chi connectivity index (χ1n) is 27.9. The molecule has 33 rings (SSSR count). The number of nitrogens with zero attached hydrogens (tertiary/aromatic N) is 1. The Kier molecular flexibility index (Phi) is 2.83. The summed E-state index contributed by atoms with van der Waals surface area (Å²) >= 11 is 0. The molecule has 5 aliphatic rings. The molecule has 0 radical (unpaired) electrons. The average molecular weight is 925 g/mol. The fourth-order valence-electron chi connectivity index (χ4n) is 26.5. The van der Waals surface area contributed by atoms with Gasteiger partial charge in [0.25, 0.3) is 0 Å². The number of likely N-dealkylation sites (N-methyl/N-ethyl adjacent to an activating group) is 1. The van der Waals surface area contributed by atoms with Gasteiger partial charge in [0.1, 0.15) is 6.04 Å². The fourth-order valence-corrected chi connectivity index (χ4v) is 26.5. The molecule has 2 spiro atoms. The number of hydrogen-bond acceptors (Lipinski definition) is 3. The van der Waals surface area contributed by atoms with E-state index in [0.29, 0.717) is 33.0 Å². The number of ether oxygens (including phenoxy) is 3. The average Bonchev–Trinajstić information content (AvgIpc) is 4.23. The van der Waals surface area contributed by atoms with Crippen molar-refractivity contribution in [2.45, 2.75) is 16.9 Å². The molecule has 4 nitrogen and oxygen atoms in total. The van der Waals surface area contributed by atoms with Gasteiger partial charge in [0, 0.05) is 7.11 Å². The van der Waals surface area contributed by atoms with E-state index in [1.165, 1.54) is 0 Å². The van der Waals surface area contributed by atoms with Gasteiger partial charge in [0.15, 0.2) is 0 Å². The zero-order chi connectivity index (χ0) is 44.9. The number of quaternary nitrogens is 1. The predicted octanol–water partition coefficient (Wildman–Crippen LogP) is 16.4. The van der Waals surface area contributed by atoms with Crippen molar-refractivity contribution in [1.29, 1.82) is 0 Å². The molecule has 1 atom stereocenters. The lowest BCUT2D eigenvalue weighted by molar-refractivity contribution is -0.905. The molecule has 0 N–H and O–H groups in total. The van der Waals surface area contributed by atoms with Crippen LogP contribution >= 0.6 is 0 Å². The minimum absolute atomic E-state index is 0.192. The molecule has 1 aliphatic heterocycles. The second kappa shape index (κ2) is 7.01. The number of rotatable bonds is 8. The van der Waals surface area contributed by atoms with Gasteiger partial charge in [-0.2, -0.15) is 0 Å². The van der Waals surface area contributed by atoms with E-state index in [4.69, 9.17) is 14.2 Å². The van der Waals surface area contributed by atoms with Gasteiger partial charge in [-0.15, -0.1) is 0 Å². The van der Waals surface area contributed by atoms with Crippen molar-refractivity contribution in [3.05, 3.63) is 22.3 Å². The molecule has 0 saturated carbocycles. The van der Waals surface area contributed by atoms with Crippen molar-refractivity contribution in [1.82, 2.24) is 0 Å². The maximum atomic E-state index is 7.30. The molecule has 0 amide bonds. The lowest BCUT2D eigenvalue weighted by Gasteiger charge is -2.49. The zero-order valence-electron chi connectivity index (χ0n) is 39.5. The third kappa shape index (κ3) is 1.67. The number of benzene rings is 18. The Labute approximate surface area is 407 Å². The van der Waals surface area contributed by atoms with Gasteiger partial charge in [0.2, 0.25) is 0 Å². The summed E-state index contributed by atoms with van der Waals surface area (Å²) < 4.78 is 19.8. The van der Waals surface area contributed by atoms with Crippen molar-refractivity contribution in [3.63, 3.8) is 0 Å². The van der Waals surface area contributed by atoms with Gasteiger partial charge < -0.3 is 18.7 Å². The first kappa shape index (κ1) is 29.9. The maximum absolute atomic E-state index is 7.30. The molecule has 324 valence electrons. The van der Waals surface area contributed by atoms with Crippen LogP contribution in [0, 0.1) is 0 Å². The normalized spacial score (nSPS) is 23.8. The molecule has 1 unspecified atom stereocenters. The van der Waals surface area contributed by atoms with E-state index < -0.39 is 0 Å². The van der Waals surface area contributed by atoms with E-state index in [0.717, 1.165) is 11.0 Å². The minimum atomic E-state index is -0.321. The Hall–Kier alpha value is -7.70. The Bertz CT molecular complexity index is 7050. The quantitative estimate of drug-likeness (QED) is 0.0863. The Balaban J connectivity index is 1.06. The van der Waals surface area contributed by atoms with E-state index >= 15 is 0 Å². The molecular formula is C70H22NO3+. The fraction of sp³-hybridized carbons (Fsp3) is 0.171. The highest BCUT2D eigenvalue weighted by Crippen LogP contribution is 2.86. The highest BCUT2D eigenvalue weighted by atomic mass is 16.5. The first-order valence-corrected chi connectivity index (χ1v) is 27.9. The molecule has 1 saturated heterocycles. The Morgan fingerprint density at radius 3 is 0.730 bits per heavy atom. The minimum Gasteiger partial charge on any atom is -0.382 e. The lowest BCUT2D eigenvalue weighted by atomic mass is 9.48. The van der Waals surface area contributed by atoms with Crippen LogP contribution in [0.4, 0.5) is 0 Å². The number of hydrogen-bond donors (Lipinski definition) is 0. The number of likely N-dealkylation sites (tertiary alicyclic amines) is 1. The van der Waals surface area contributed by atoms with Crippen LogP contribution in [0.1, 0.15) is 22.3 Å². The molecule has 28 aromatic rings.